The Labute approximate surface area is 133 Å². The molecule has 2 rings (SSSR count). The molecule has 1 heterocycles. The number of thiophene rings is 1. The fraction of sp³-hybridized carbons (Fsp3) is 0.333. The fourth-order valence-corrected chi connectivity index (χ4v) is 4.35. The Bertz CT molecular complexity index is 671. The molecule has 3 N–H and O–H groups in total. The van der Waals surface area contributed by atoms with Gasteiger partial charge in [-0.05, 0) is 49.0 Å². The van der Waals surface area contributed by atoms with E-state index in [1.165, 1.54) is 11.3 Å². The van der Waals surface area contributed by atoms with Gasteiger partial charge in [-0.15, -0.1) is 23.7 Å². The molecule has 8 heteroatoms. The number of sulfonamides is 1. The SMILES string of the molecule is Cl.NCCCCNS(=O)(=O)c1cc2cc(Cl)ccc2s1. The van der Waals surface area contributed by atoms with Gasteiger partial charge in [-0.25, -0.2) is 13.1 Å². The summed E-state index contributed by atoms with van der Waals surface area (Å²) in [5, 5.41) is 1.45. The molecule has 0 unspecified atom stereocenters. The van der Waals surface area contributed by atoms with E-state index in [0.29, 0.717) is 22.3 Å². The Morgan fingerprint density at radius 2 is 2.00 bits per heavy atom. The molecule has 4 nitrogen and oxygen atoms in total. The highest BCUT2D eigenvalue weighted by molar-refractivity contribution is 7.91. The zero-order chi connectivity index (χ0) is 13.9. The van der Waals surface area contributed by atoms with Gasteiger partial charge >= 0.3 is 0 Å². The zero-order valence-electron chi connectivity index (χ0n) is 10.6. The molecule has 0 saturated carbocycles. The lowest BCUT2D eigenvalue weighted by atomic mass is 10.3. The van der Waals surface area contributed by atoms with E-state index >= 15 is 0 Å². The van der Waals surface area contributed by atoms with Crippen molar-refractivity contribution < 1.29 is 8.42 Å². The normalized spacial score (nSPS) is 11.5. The first kappa shape index (κ1) is 17.7. The average Bonchev–Trinajstić information content (AvgIpc) is 2.78. The summed E-state index contributed by atoms with van der Waals surface area (Å²) in [6, 6.07) is 7.00. The van der Waals surface area contributed by atoms with Crippen molar-refractivity contribution in [1.29, 1.82) is 0 Å². The molecule has 0 atom stereocenters. The van der Waals surface area contributed by atoms with Crippen LogP contribution in [0.5, 0.6) is 0 Å². The average molecular weight is 355 g/mol. The molecule has 1 aromatic carbocycles. The van der Waals surface area contributed by atoms with E-state index in [9.17, 15) is 8.42 Å². The molecule has 1 aromatic heterocycles. The summed E-state index contributed by atoms with van der Waals surface area (Å²) < 4.78 is 28.0. The molecule has 112 valence electrons. The van der Waals surface area contributed by atoms with Gasteiger partial charge in [-0.3, -0.25) is 0 Å². The van der Waals surface area contributed by atoms with Gasteiger partial charge in [0.05, 0.1) is 0 Å². The lowest BCUT2D eigenvalue weighted by Gasteiger charge is -2.03. The molecule has 0 aliphatic carbocycles. The first-order chi connectivity index (χ1) is 9.03. The quantitative estimate of drug-likeness (QED) is 0.783. The third-order valence-electron chi connectivity index (χ3n) is 2.64. The Balaban J connectivity index is 0.00000200. The van der Waals surface area contributed by atoms with Gasteiger partial charge in [-0.2, -0.15) is 0 Å². The van der Waals surface area contributed by atoms with Crippen molar-refractivity contribution in [2.75, 3.05) is 13.1 Å². The Kier molecular flexibility index (Phi) is 6.71. The monoisotopic (exact) mass is 354 g/mol. The van der Waals surface area contributed by atoms with Crippen molar-refractivity contribution >= 4 is 55.5 Å². The first-order valence-corrected chi connectivity index (χ1v) is 8.59. The minimum absolute atomic E-state index is 0. The van der Waals surface area contributed by atoms with E-state index in [2.05, 4.69) is 4.72 Å². The summed E-state index contributed by atoms with van der Waals surface area (Å²) in [7, 11) is -3.43. The number of benzene rings is 1. The summed E-state index contributed by atoms with van der Waals surface area (Å²) in [6.45, 7) is 0.984. The summed E-state index contributed by atoms with van der Waals surface area (Å²) >= 11 is 7.13. The molecular weight excluding hydrogens is 339 g/mol. The molecule has 0 aliphatic heterocycles. The predicted molar refractivity (Wildman–Crippen MR) is 87.6 cm³/mol. The van der Waals surface area contributed by atoms with E-state index in [1.807, 2.05) is 6.07 Å². The van der Waals surface area contributed by atoms with Crippen LogP contribution >= 0.6 is 35.3 Å². The van der Waals surface area contributed by atoms with E-state index in [-0.39, 0.29) is 12.4 Å². The standard InChI is InChI=1S/C12H15ClN2O2S2.ClH/c13-10-3-4-11-9(7-10)8-12(18-11)19(16,17)15-6-2-1-5-14;/h3-4,7-8,15H,1-2,5-6,14H2;1H. The summed E-state index contributed by atoms with van der Waals surface area (Å²) in [5.41, 5.74) is 5.37. The highest BCUT2D eigenvalue weighted by atomic mass is 35.5. The molecule has 20 heavy (non-hydrogen) atoms. The lowest BCUT2D eigenvalue weighted by molar-refractivity contribution is 0.579. The largest absolute Gasteiger partial charge is 0.330 e. The van der Waals surface area contributed by atoms with Gasteiger partial charge < -0.3 is 5.73 Å². The van der Waals surface area contributed by atoms with Gasteiger partial charge in [0.2, 0.25) is 10.0 Å². The minimum atomic E-state index is -3.43. The maximum atomic E-state index is 12.1. The fourth-order valence-electron chi connectivity index (χ4n) is 1.67. The second-order valence-electron chi connectivity index (χ2n) is 4.14. The van der Waals surface area contributed by atoms with Crippen LogP contribution in [0.1, 0.15) is 12.8 Å². The zero-order valence-corrected chi connectivity index (χ0v) is 13.8. The topological polar surface area (TPSA) is 72.2 Å². The van der Waals surface area contributed by atoms with E-state index in [4.69, 9.17) is 17.3 Å². The van der Waals surface area contributed by atoms with Crippen LogP contribution in [0.4, 0.5) is 0 Å². The molecule has 0 bridgehead atoms. The van der Waals surface area contributed by atoms with Crippen LogP contribution in [0.15, 0.2) is 28.5 Å². The third-order valence-corrected chi connectivity index (χ3v) is 5.93. The summed E-state index contributed by atoms with van der Waals surface area (Å²) in [6.07, 6.45) is 1.55. The predicted octanol–water partition coefficient (Wildman–Crippen LogP) is 2.99. The van der Waals surface area contributed by atoms with Gasteiger partial charge in [0.1, 0.15) is 4.21 Å². The number of unbranched alkanes of at least 4 members (excludes halogenated alkanes) is 1. The maximum absolute atomic E-state index is 12.1. The van der Waals surface area contributed by atoms with Crippen molar-refractivity contribution in [3.63, 3.8) is 0 Å². The number of nitrogens with two attached hydrogens (primary N) is 1. The number of nitrogens with one attached hydrogen (secondary N) is 1. The molecule has 0 aliphatic rings. The van der Waals surface area contributed by atoms with Crippen LogP contribution in [0, 0.1) is 0 Å². The van der Waals surface area contributed by atoms with Crippen molar-refractivity contribution in [3.05, 3.63) is 29.3 Å². The Morgan fingerprint density at radius 1 is 1.25 bits per heavy atom. The molecule has 0 radical (unpaired) electrons. The number of halogens is 2. The second kappa shape index (κ2) is 7.59. The summed E-state index contributed by atoms with van der Waals surface area (Å²) in [4.78, 5) is 0. The Morgan fingerprint density at radius 3 is 2.70 bits per heavy atom. The molecule has 2 aromatic rings. The van der Waals surface area contributed by atoms with Crippen LogP contribution in [-0.2, 0) is 10.0 Å². The van der Waals surface area contributed by atoms with Gasteiger partial charge in [0.25, 0.3) is 0 Å². The number of rotatable bonds is 6. The summed E-state index contributed by atoms with van der Waals surface area (Å²) in [5.74, 6) is 0. The van der Waals surface area contributed by atoms with Crippen molar-refractivity contribution in [2.45, 2.75) is 17.1 Å². The smallest absolute Gasteiger partial charge is 0.250 e. The van der Waals surface area contributed by atoms with Crippen LogP contribution in [0.25, 0.3) is 10.1 Å². The Hall–Kier alpha value is -0.370. The minimum Gasteiger partial charge on any atom is -0.330 e. The van der Waals surface area contributed by atoms with Gasteiger partial charge in [0.15, 0.2) is 0 Å². The maximum Gasteiger partial charge on any atom is 0.250 e. The van der Waals surface area contributed by atoms with Crippen LogP contribution in [-0.4, -0.2) is 21.5 Å². The third kappa shape index (κ3) is 4.31. The van der Waals surface area contributed by atoms with Gasteiger partial charge in [-0.1, -0.05) is 11.6 Å². The van der Waals surface area contributed by atoms with E-state index in [0.717, 1.165) is 22.9 Å². The first-order valence-electron chi connectivity index (χ1n) is 5.92. The highest BCUT2D eigenvalue weighted by Gasteiger charge is 2.16. The van der Waals surface area contributed by atoms with Gasteiger partial charge in [0, 0.05) is 16.3 Å². The lowest BCUT2D eigenvalue weighted by Crippen LogP contribution is -2.24. The number of fused-ring (bicyclic) bond motifs is 1. The van der Waals surface area contributed by atoms with Crippen LogP contribution in [0.2, 0.25) is 5.02 Å². The second-order valence-corrected chi connectivity index (χ2v) is 7.66. The van der Waals surface area contributed by atoms with Crippen LogP contribution in [0.3, 0.4) is 0 Å². The van der Waals surface area contributed by atoms with E-state index in [1.54, 1.807) is 18.2 Å². The molecule has 0 saturated heterocycles. The van der Waals surface area contributed by atoms with E-state index < -0.39 is 10.0 Å². The number of hydrogen-bond donors (Lipinski definition) is 2. The van der Waals surface area contributed by atoms with Crippen molar-refractivity contribution in [2.24, 2.45) is 5.73 Å². The highest BCUT2D eigenvalue weighted by Crippen LogP contribution is 2.30. The number of hydrogen-bond acceptors (Lipinski definition) is 4. The molecule has 0 fully saturated rings. The molecular formula is C12H16Cl2N2O2S2. The van der Waals surface area contributed by atoms with Crippen molar-refractivity contribution in [3.8, 4) is 0 Å². The van der Waals surface area contributed by atoms with Crippen molar-refractivity contribution in [1.82, 2.24) is 4.72 Å². The molecule has 0 spiro atoms. The van der Waals surface area contributed by atoms with Crippen LogP contribution < -0.4 is 10.5 Å². The molecule has 0 amide bonds.